The molecule has 3 aliphatic heterocycles. The number of hydrogen-bond acceptors (Lipinski definition) is 24. The molecular weight excluding hydrogens is 1730 g/mol. The fourth-order valence-electron chi connectivity index (χ4n) is 16.5. The van der Waals surface area contributed by atoms with Gasteiger partial charge in [0.2, 0.25) is 88.6 Å². The number of hydrogen-bond donors (Lipinski definition) is 22. The third kappa shape index (κ3) is 29.5. The quantitative estimate of drug-likeness (QED) is 0.0151. The van der Waals surface area contributed by atoms with E-state index in [0.29, 0.717) is 64.2 Å². The molecule has 8 rings (SSSR count). The van der Waals surface area contributed by atoms with Gasteiger partial charge in [0.1, 0.15) is 78.7 Å². The van der Waals surface area contributed by atoms with Gasteiger partial charge in [0.05, 0.1) is 55.6 Å². The van der Waals surface area contributed by atoms with Gasteiger partial charge in [0.25, 0.3) is 0 Å². The van der Waals surface area contributed by atoms with Crippen molar-refractivity contribution in [2.45, 2.75) is 240 Å². The van der Waals surface area contributed by atoms with Crippen LogP contribution in [0.3, 0.4) is 0 Å². The van der Waals surface area contributed by atoms with Crippen molar-refractivity contribution in [3.8, 4) is 0 Å². The summed E-state index contributed by atoms with van der Waals surface area (Å²) in [5, 5.41) is 85.1. The van der Waals surface area contributed by atoms with Crippen LogP contribution in [-0.2, 0) is 91.2 Å². The van der Waals surface area contributed by atoms with Crippen molar-refractivity contribution in [1.29, 1.82) is 5.41 Å². The highest BCUT2D eigenvalue weighted by Gasteiger charge is 2.47. The van der Waals surface area contributed by atoms with E-state index >= 15 is 33.6 Å². The van der Waals surface area contributed by atoms with Crippen LogP contribution in [0.5, 0.6) is 0 Å². The maximum atomic E-state index is 15.7. The van der Waals surface area contributed by atoms with E-state index in [1.807, 2.05) is 13.8 Å². The number of aliphatic hydroxyl groups excluding tert-OH is 4. The number of fused-ring (bicyclic) bond motifs is 4. The van der Waals surface area contributed by atoms with Crippen LogP contribution in [-0.4, -0.2) is 325 Å². The number of primary amides is 2. The molecule has 44 heteroatoms. The Kier molecular flexibility index (Phi) is 40.4. The number of carbonyl (C=O) groups is 15. The summed E-state index contributed by atoms with van der Waals surface area (Å²) < 4.78 is 14.4. The number of halogens is 1. The lowest BCUT2D eigenvalue weighted by molar-refractivity contribution is -0.149. The molecule has 2 aromatic heterocycles. The maximum Gasteiger partial charge on any atom is 0.245 e. The van der Waals surface area contributed by atoms with Crippen LogP contribution < -0.4 is 81.4 Å². The number of benzene rings is 3. The van der Waals surface area contributed by atoms with Crippen molar-refractivity contribution < 1.29 is 96.7 Å². The first-order valence-electron chi connectivity index (χ1n) is 44.5. The second-order valence-corrected chi connectivity index (χ2v) is 35.3. The highest BCUT2D eigenvalue weighted by atomic mass is 32.2. The maximum absolute atomic E-state index is 15.7. The number of para-hydroxylation sites is 2. The number of H-pyrrole nitrogens is 2. The van der Waals surface area contributed by atoms with Crippen LogP contribution in [0.25, 0.3) is 21.8 Å². The number of aliphatic hydroxyl groups is 4. The standard InChI is InChI=1S/C88H130FN23O19S/c1-9-11-24-67-80(124)100-58(23-17-31-95-88(93)94)76(120)107-66(75(119)98-42-72(92)116)45-132-46-73(117)99-61(34-49-27-29-52(89)30-28-49)83(127)108(6)48(5)74(118)102-63(38-71(91)115)85(129)111-32-18-26-68(111)81(125)105-64(39-90)78(122)103-60(33-47(3)4)86(130)112-43-53(114)37-70(112)82(126)101-59(35-50-40-96-56-21-15-13-19-54(50)56)77(121)106-65(44-113)79(123)104-62(36-51-41-97-57-22-16-14-20-55(51)57)84(128)110(8)69(25-12-10-2)87(131)109(67)7/h13-16,19-22,27-30,40-41,47-48,53,58-70,83,85,96-97,113-114,127,129H,9-12,17-18,23-26,31-39,42-46,90H2,1-8H3,(H2,91,115)(H2,92,116)(H,98,119)(H,99,117)(H,100,124)(H,101,126)(H,102,118)(H,103,122)(H,104,123)(H,105,125)(H,106,121)(H,107,120)(H4,93,94,95). The summed E-state index contributed by atoms with van der Waals surface area (Å²) in [6.07, 6.45) is -2.01. The molecule has 0 saturated carbocycles. The fraction of sp³-hybridized carbons (Fsp3) is 0.568. The molecule has 0 radical (unpaired) electrons. The SMILES string of the molecule is CCCCC1C(=O)N(C)C(CCCC)C(=O)NC(CCCNC(=N)N)C(=O)NC(C(=O)NCC(N)=O)CSCC(=O)NC(Cc2ccc(F)cc2)C(O)N(C)C(C)C(=O)NC(CC(N)=O)C(O)N2CCCC2C(=O)NC(CN)C(=O)NC(CC(C)C)C(=O)N2CC(O)CC2C(=O)NC(Cc2c[nH]c3ccccc23)C(=O)NC(CO)C(=O)NC(Cc2c[nH]c3ccccc23)C(=O)N1C. The van der Waals surface area contributed by atoms with Gasteiger partial charge >= 0.3 is 0 Å². The normalized spacial score (nSPS) is 26.4. The predicted molar refractivity (Wildman–Crippen MR) is 487 cm³/mol. The van der Waals surface area contributed by atoms with Gasteiger partial charge in [0, 0.05) is 99.5 Å². The molecule has 3 fully saturated rings. The van der Waals surface area contributed by atoms with Crippen molar-refractivity contribution in [3.63, 3.8) is 0 Å². The van der Waals surface area contributed by atoms with Crippen molar-refractivity contribution in [1.82, 2.24) is 93.0 Å². The van der Waals surface area contributed by atoms with Crippen LogP contribution in [0, 0.1) is 17.1 Å². The molecule has 3 saturated heterocycles. The number of guanidine groups is 1. The van der Waals surface area contributed by atoms with Crippen molar-refractivity contribution >= 4 is 128 Å². The minimum absolute atomic E-state index is 0.00947. The molecule has 17 unspecified atom stereocenters. The number of nitrogens with two attached hydrogens (primary N) is 4. The summed E-state index contributed by atoms with van der Waals surface area (Å²) >= 11 is 0.780. The number of rotatable bonds is 25. The van der Waals surface area contributed by atoms with E-state index in [1.165, 1.54) is 45.1 Å². The van der Waals surface area contributed by atoms with Crippen LogP contribution in [0.2, 0.25) is 0 Å². The predicted octanol–water partition coefficient (Wildman–Crippen LogP) is -3.92. The molecule has 17 atom stereocenters. The first-order valence-corrected chi connectivity index (χ1v) is 45.7. The number of amides is 15. The second kappa shape index (κ2) is 50.6. The molecule has 724 valence electrons. The zero-order valence-corrected chi connectivity index (χ0v) is 76.5. The molecule has 5 aromatic rings. The molecule has 0 spiro atoms. The van der Waals surface area contributed by atoms with Gasteiger partial charge in [-0.1, -0.05) is 102 Å². The molecule has 3 aliphatic rings. The van der Waals surface area contributed by atoms with Crippen molar-refractivity contribution in [2.24, 2.45) is 28.9 Å². The summed E-state index contributed by atoms with van der Waals surface area (Å²) in [5.41, 5.74) is 25.6. The van der Waals surface area contributed by atoms with E-state index in [9.17, 15) is 63.2 Å². The molecular formula is C88H130FN23O19S. The molecule has 15 amide bonds. The third-order valence-corrected chi connectivity index (χ3v) is 25.0. The lowest BCUT2D eigenvalue weighted by atomic mass is 10.00. The monoisotopic (exact) mass is 1860 g/mol. The van der Waals surface area contributed by atoms with Gasteiger partial charge in [-0.2, -0.15) is 0 Å². The van der Waals surface area contributed by atoms with Crippen molar-refractivity contribution in [3.05, 3.63) is 108 Å². The van der Waals surface area contributed by atoms with E-state index in [2.05, 4.69) is 68.5 Å². The number of unbranched alkanes of at least 4 members (excludes halogenated alkanes) is 2. The Morgan fingerprint density at radius 1 is 0.583 bits per heavy atom. The Bertz CT molecular complexity index is 4850. The molecule has 5 heterocycles. The molecule has 42 nitrogen and oxygen atoms in total. The first-order chi connectivity index (χ1) is 62.8. The van der Waals surface area contributed by atoms with Gasteiger partial charge in [-0.15, -0.1) is 11.8 Å². The molecule has 0 aliphatic carbocycles. The Morgan fingerprint density at radius 3 is 1.73 bits per heavy atom. The minimum atomic E-state index is -1.89. The molecule has 132 heavy (non-hydrogen) atoms. The average Bonchev–Trinajstić information content (AvgIpc) is 1.60. The summed E-state index contributed by atoms with van der Waals surface area (Å²) in [7, 11) is 4.00. The first kappa shape index (κ1) is 105. The number of aromatic amines is 2. The second-order valence-electron chi connectivity index (χ2n) is 34.3. The number of likely N-dealkylation sites (N-methyl/N-ethyl adjacent to an activating group) is 3. The van der Waals surface area contributed by atoms with E-state index in [4.69, 9.17) is 28.3 Å². The smallest absolute Gasteiger partial charge is 0.245 e. The summed E-state index contributed by atoms with van der Waals surface area (Å²) in [4.78, 5) is 231. The topological polar surface area (TPSA) is 645 Å². The van der Waals surface area contributed by atoms with Gasteiger partial charge in [-0.05, 0) is 112 Å². The zero-order chi connectivity index (χ0) is 96.9. The fourth-order valence-corrected chi connectivity index (χ4v) is 17.4. The van der Waals surface area contributed by atoms with Crippen LogP contribution >= 0.6 is 11.8 Å². The summed E-state index contributed by atoms with van der Waals surface area (Å²) in [5.74, 6) is -16.3. The van der Waals surface area contributed by atoms with Gasteiger partial charge in [-0.25, -0.2) is 4.39 Å². The zero-order valence-electron chi connectivity index (χ0n) is 75.7. The largest absolute Gasteiger partial charge is 0.394 e. The Hall–Kier alpha value is -11.9. The van der Waals surface area contributed by atoms with Gasteiger partial charge < -0.3 is 127 Å². The number of nitrogens with one attached hydrogen (secondary N) is 14. The van der Waals surface area contributed by atoms with Crippen LogP contribution in [0.4, 0.5) is 4.39 Å². The number of aromatic nitrogens is 2. The Balaban J connectivity index is 1.19. The number of thioether (sulfide) groups is 1. The van der Waals surface area contributed by atoms with E-state index in [1.54, 1.807) is 74.8 Å². The highest BCUT2D eigenvalue weighted by molar-refractivity contribution is 8.00. The minimum Gasteiger partial charge on any atom is -0.394 e. The highest BCUT2D eigenvalue weighted by Crippen LogP contribution is 2.28. The van der Waals surface area contributed by atoms with Crippen molar-refractivity contribution in [2.75, 3.05) is 72.0 Å². The van der Waals surface area contributed by atoms with Gasteiger partial charge in [0.15, 0.2) is 5.96 Å². The van der Waals surface area contributed by atoms with E-state index < -0.39 is 248 Å². The molecule has 26 N–H and O–H groups in total. The van der Waals surface area contributed by atoms with Crippen LogP contribution in [0.1, 0.15) is 135 Å². The van der Waals surface area contributed by atoms with Gasteiger partial charge in [-0.3, -0.25) is 87.1 Å². The summed E-state index contributed by atoms with van der Waals surface area (Å²) in [6.45, 7) is 5.63. The summed E-state index contributed by atoms with van der Waals surface area (Å²) in [6, 6.07) is -2.10. The molecule has 3 aromatic carbocycles. The third-order valence-electron chi connectivity index (χ3n) is 23.9. The number of carbonyl (C=O) groups excluding carboxylic acids is 15. The van der Waals surface area contributed by atoms with E-state index in [0.717, 1.165) is 43.5 Å². The lowest BCUT2D eigenvalue weighted by Gasteiger charge is -2.37. The van der Waals surface area contributed by atoms with Crippen LogP contribution in [0.15, 0.2) is 85.2 Å². The number of nitrogens with zero attached hydrogens (tertiary/aromatic N) is 5. The average molecular weight is 1870 g/mol. The Morgan fingerprint density at radius 2 is 1.14 bits per heavy atom. The lowest BCUT2D eigenvalue weighted by Crippen LogP contribution is -2.62. The molecule has 0 bridgehead atoms. The van der Waals surface area contributed by atoms with E-state index in [-0.39, 0.29) is 89.6 Å². The Labute approximate surface area is 768 Å².